The van der Waals surface area contributed by atoms with Crippen molar-refractivity contribution in [3.05, 3.63) is 236 Å². The third kappa shape index (κ3) is 27.0. The van der Waals surface area contributed by atoms with E-state index in [1.165, 1.54) is 104 Å². The van der Waals surface area contributed by atoms with Crippen LogP contribution in [0.25, 0.3) is 11.1 Å². The van der Waals surface area contributed by atoms with Crippen LogP contribution in [0.3, 0.4) is 0 Å². The molecule has 0 spiro atoms. The fourth-order valence-electron chi connectivity index (χ4n) is 17.2. The Morgan fingerprint density at radius 3 is 1.21 bits per heavy atom. The Hall–Kier alpha value is -7.95. The number of nitrogens with zero attached hydrogens (tertiary/aromatic N) is 2. The van der Waals surface area contributed by atoms with E-state index in [0.717, 1.165) is 171 Å². The van der Waals surface area contributed by atoms with Gasteiger partial charge in [0.05, 0.1) is 0 Å². The van der Waals surface area contributed by atoms with E-state index in [4.69, 9.17) is 6.42 Å². The summed E-state index contributed by atoms with van der Waals surface area (Å²) in [5.41, 5.74) is 24.2. The maximum atomic E-state index is 13.1. The van der Waals surface area contributed by atoms with E-state index in [9.17, 15) is 14.4 Å². The van der Waals surface area contributed by atoms with Crippen molar-refractivity contribution >= 4 is 29.0 Å². The van der Waals surface area contributed by atoms with E-state index in [1.807, 2.05) is 6.08 Å². The summed E-state index contributed by atoms with van der Waals surface area (Å²) < 4.78 is 0. The van der Waals surface area contributed by atoms with Crippen LogP contribution in [0.4, 0.5) is 11.4 Å². The molecular weight excluding hydrogens is 1410 g/mol. The summed E-state index contributed by atoms with van der Waals surface area (Å²) in [5.74, 6) is 10.7. The number of piperidine rings is 5. The van der Waals surface area contributed by atoms with Crippen LogP contribution in [-0.2, 0) is 11.2 Å². The van der Waals surface area contributed by atoms with Gasteiger partial charge >= 0.3 is 0 Å². The molecule has 6 heterocycles. The number of hydrogen-bond acceptors (Lipinski definition) is 9. The number of terminal acetylenes is 1. The predicted octanol–water partition coefficient (Wildman–Crippen LogP) is 22.7. The molecule has 14 rings (SSSR count). The highest BCUT2D eigenvalue weighted by atomic mass is 16.2. The minimum atomic E-state index is 0.0103. The Bertz CT molecular complexity index is 4170. The highest BCUT2D eigenvalue weighted by molar-refractivity contribution is 6.01. The van der Waals surface area contributed by atoms with Crippen molar-refractivity contribution in [3.63, 3.8) is 0 Å². The first-order chi connectivity index (χ1) is 55.3. The molecule has 6 N–H and O–H groups in total. The van der Waals surface area contributed by atoms with Crippen molar-refractivity contribution in [2.24, 2.45) is 11.8 Å². The van der Waals surface area contributed by atoms with Gasteiger partial charge in [0.1, 0.15) is 0 Å². The number of nitrogens with one attached hydrogen (secondary N) is 6. The fraction of sp³-hybridized carbons (Fsp3) is 0.529. The van der Waals surface area contributed by atoms with Crippen molar-refractivity contribution in [2.75, 3.05) is 103 Å². The van der Waals surface area contributed by atoms with Gasteiger partial charge in [-0.05, 0) is 341 Å². The van der Waals surface area contributed by atoms with Crippen LogP contribution in [0, 0.1) is 24.2 Å². The molecule has 2 amide bonds. The molecular formula is C104H146N8O3. The molecule has 7 fully saturated rings. The van der Waals surface area contributed by atoms with Gasteiger partial charge in [0, 0.05) is 68.1 Å². The molecule has 1 unspecified atom stereocenters. The number of allylic oxidation sites excluding steroid dienone is 1. The van der Waals surface area contributed by atoms with Crippen molar-refractivity contribution in [3.8, 4) is 23.5 Å². The number of rotatable bonds is 19. The standard InChI is InChI=1S/C20H30N2O.C18H25NO.C17H21N.C17H25N.C16H24N2O.C16H21N/c1-14(2)17-4-5-18(16-6-9-21-10-7-16)19(12-17)20(23)22-11-8-15(3)13-22;1-12(2)15-5-6-16(13-7-9-19-10-8-13)17(11-15)18(20)14-3-4-14;1-13(2)14-5-7-15(8-6-14)16-9-11-17(12-10-16)18(3)4;1-4-5-16-12-15(13(2)3)6-7-17(16)14-8-10-18-11-9-14;1-11(2)14-4-5-15(13-6-8-17-9-7-13)16(10-14)18-12(3)19;1-4-13-11-15(12(2)3)5-6-16(13)14-7-9-17-10-8-14/h4-5,12,14-16,21H,6-11,13H2,1-3H3;5-6,11-14,19H,3-4,7-10H2,1-2H3;5-13H,1-4H3;4,6-7,12-14,18H,1,5,8-11H2,2-3H3;4-5,10-11,13,17H,6-9H2,1-3H3,(H,18,19);1,5-6,11-12,14,17H,7-10H2,2-3H3. The minimum absolute atomic E-state index is 0.0103. The van der Waals surface area contributed by atoms with Gasteiger partial charge in [0.25, 0.3) is 5.91 Å². The third-order valence-electron chi connectivity index (χ3n) is 25.0. The van der Waals surface area contributed by atoms with Gasteiger partial charge in [0.2, 0.25) is 5.91 Å². The smallest absolute Gasteiger partial charge is 0.254 e. The highest BCUT2D eigenvalue weighted by Crippen LogP contribution is 2.40. The van der Waals surface area contributed by atoms with Crippen molar-refractivity contribution in [1.29, 1.82) is 0 Å². The summed E-state index contributed by atoms with van der Waals surface area (Å²) >= 11 is 0. The van der Waals surface area contributed by atoms with Gasteiger partial charge in [-0.3, -0.25) is 14.4 Å². The number of benzene rings is 7. The zero-order valence-corrected chi connectivity index (χ0v) is 73.7. The molecule has 0 radical (unpaired) electrons. The average Bonchev–Trinajstić information content (AvgIpc) is 1.73. The zero-order valence-electron chi connectivity index (χ0n) is 73.7. The van der Waals surface area contributed by atoms with E-state index in [2.05, 4.69) is 298 Å². The Labute approximate surface area is 696 Å². The average molecular weight is 1560 g/mol. The topological polar surface area (TPSA) is 130 Å². The number of hydrogen-bond donors (Lipinski definition) is 6. The lowest BCUT2D eigenvalue weighted by Crippen LogP contribution is -2.31. The number of amides is 2. The monoisotopic (exact) mass is 1560 g/mol. The van der Waals surface area contributed by atoms with E-state index < -0.39 is 0 Å². The maximum absolute atomic E-state index is 13.1. The number of carbonyl (C=O) groups excluding carboxylic acids is 3. The first kappa shape index (κ1) is 91.0. The van der Waals surface area contributed by atoms with Crippen molar-refractivity contribution in [1.82, 2.24) is 31.5 Å². The van der Waals surface area contributed by atoms with Crippen LogP contribution < -0.4 is 36.8 Å². The quantitative estimate of drug-likeness (QED) is 0.0266. The second-order valence-corrected chi connectivity index (χ2v) is 36.1. The first-order valence-corrected chi connectivity index (χ1v) is 44.6. The van der Waals surface area contributed by atoms with Crippen LogP contribution in [0.5, 0.6) is 0 Å². The Morgan fingerprint density at radius 2 is 0.809 bits per heavy atom. The van der Waals surface area contributed by atoms with Gasteiger partial charge in [-0.25, -0.2) is 0 Å². The number of anilines is 2. The predicted molar refractivity (Wildman–Crippen MR) is 490 cm³/mol. The molecule has 1 atom stereocenters. The molecule has 0 bridgehead atoms. The summed E-state index contributed by atoms with van der Waals surface area (Å²) in [6, 6.07) is 51.1. The van der Waals surface area contributed by atoms with Crippen LogP contribution in [0.2, 0.25) is 0 Å². The number of carbonyl (C=O) groups is 3. The van der Waals surface area contributed by atoms with Gasteiger partial charge in [-0.2, -0.15) is 0 Å². The first-order valence-electron chi connectivity index (χ1n) is 44.6. The summed E-state index contributed by atoms with van der Waals surface area (Å²) in [6.07, 6.45) is 23.8. The largest absolute Gasteiger partial charge is 0.378 e. The van der Waals surface area contributed by atoms with Crippen LogP contribution >= 0.6 is 0 Å². The lowest BCUT2D eigenvalue weighted by atomic mass is 9.83. The third-order valence-corrected chi connectivity index (χ3v) is 25.0. The van der Waals surface area contributed by atoms with Crippen molar-refractivity contribution < 1.29 is 14.4 Å². The number of ketones is 1. The minimum Gasteiger partial charge on any atom is -0.378 e. The van der Waals surface area contributed by atoms with E-state index in [0.29, 0.717) is 76.8 Å². The lowest BCUT2D eigenvalue weighted by Gasteiger charge is -2.27. The van der Waals surface area contributed by atoms with E-state index in [1.54, 1.807) is 12.5 Å². The Morgan fingerprint density at radius 1 is 0.452 bits per heavy atom. The molecule has 1 saturated carbocycles. The molecule has 7 aromatic carbocycles. The summed E-state index contributed by atoms with van der Waals surface area (Å²) in [5, 5.41) is 20.1. The van der Waals surface area contributed by atoms with E-state index >= 15 is 0 Å². The normalized spacial score (nSPS) is 17.7. The zero-order chi connectivity index (χ0) is 82.7. The lowest BCUT2D eigenvalue weighted by molar-refractivity contribution is -0.114. The maximum Gasteiger partial charge on any atom is 0.254 e. The molecule has 115 heavy (non-hydrogen) atoms. The fourth-order valence-corrected chi connectivity index (χ4v) is 17.2. The molecule has 6 saturated heterocycles. The molecule has 7 aliphatic rings. The van der Waals surface area contributed by atoms with Gasteiger partial charge < -0.3 is 41.7 Å². The number of Topliss-reactive ketones (excluding diaryl/α,β-unsaturated/α-hetero) is 1. The molecule has 7 aromatic rings. The van der Waals surface area contributed by atoms with Crippen LogP contribution in [0.1, 0.15) is 339 Å². The van der Waals surface area contributed by atoms with Gasteiger partial charge in [-0.15, -0.1) is 13.0 Å². The molecule has 11 heteroatoms. The molecule has 6 aliphatic heterocycles. The second kappa shape index (κ2) is 45.7. The molecule has 620 valence electrons. The number of likely N-dealkylation sites (tertiary alicyclic amines) is 1. The van der Waals surface area contributed by atoms with E-state index in [-0.39, 0.29) is 11.8 Å². The highest BCUT2D eigenvalue weighted by Gasteiger charge is 2.34. The van der Waals surface area contributed by atoms with Crippen molar-refractivity contribution in [2.45, 2.75) is 252 Å². The summed E-state index contributed by atoms with van der Waals surface area (Å²) in [7, 11) is 4.12. The van der Waals surface area contributed by atoms with Crippen LogP contribution in [-0.4, -0.2) is 115 Å². The SMILES string of the molecule is C#Cc1cc(C(C)C)ccc1C1CCNCC1.C=CCc1cc(C(C)C)ccc1C1CCNCC1.CC(=O)Nc1cc(C(C)C)ccc1C1CCNCC1.CC(C)c1ccc(-c2ccc(N(C)C)cc2)cc1.CC(C)c1ccc(C2CCNCC2)c(C(=O)C2CC2)c1.CC1CCN(C(=O)c2cc(C(C)C)ccc2C2CCNCC2)C1. The molecule has 11 nitrogen and oxygen atoms in total. The van der Waals surface area contributed by atoms with Gasteiger partial charge in [-0.1, -0.05) is 205 Å². The van der Waals surface area contributed by atoms with Crippen LogP contribution in [0.15, 0.2) is 152 Å². The van der Waals surface area contributed by atoms with Gasteiger partial charge in [0.15, 0.2) is 5.78 Å². The summed E-state index contributed by atoms with van der Waals surface area (Å²) in [4.78, 5) is 41.4. The second-order valence-electron chi connectivity index (χ2n) is 36.1. The molecule has 1 aliphatic carbocycles. The summed E-state index contributed by atoms with van der Waals surface area (Å²) in [6.45, 7) is 47.0. The Balaban J connectivity index is 0.000000158. The molecule has 0 aromatic heterocycles. The Kier molecular flexibility index (Phi) is 36.1.